The molecule has 0 aromatic heterocycles. The normalized spacial score (nSPS) is 11.8. The van der Waals surface area contributed by atoms with Gasteiger partial charge in [0.25, 0.3) is 0 Å². The summed E-state index contributed by atoms with van der Waals surface area (Å²) in [5.74, 6) is 0.813. The second-order valence-corrected chi connectivity index (χ2v) is 2.66. The first-order valence-electron chi connectivity index (χ1n) is 4.55. The highest BCUT2D eigenvalue weighted by Crippen LogP contribution is 2.06. The van der Waals surface area contributed by atoms with E-state index in [1.807, 2.05) is 6.92 Å². The fraction of sp³-hybridized carbons (Fsp3) is 0.455. The Morgan fingerprint density at radius 2 is 2.08 bits per heavy atom. The molecule has 0 atom stereocenters. The molecule has 74 valence electrons. The molecule has 2 nitrogen and oxygen atoms in total. The molecular weight excluding hydrogens is 162 g/mol. The van der Waals surface area contributed by atoms with Crippen LogP contribution in [0.3, 0.4) is 0 Å². The average molecular weight is 181 g/mol. The lowest BCUT2D eigenvalue weighted by Crippen LogP contribution is -2.18. The van der Waals surface area contributed by atoms with Crippen molar-refractivity contribution in [2.75, 3.05) is 19.7 Å². The zero-order valence-corrected chi connectivity index (χ0v) is 8.60. The number of rotatable bonds is 7. The number of ether oxygens (including phenoxy) is 1. The van der Waals surface area contributed by atoms with Crippen LogP contribution in [0, 0.1) is 0 Å². The van der Waals surface area contributed by atoms with Crippen molar-refractivity contribution in [2.24, 2.45) is 0 Å². The van der Waals surface area contributed by atoms with Gasteiger partial charge in [-0.1, -0.05) is 26.2 Å². The van der Waals surface area contributed by atoms with E-state index in [1.54, 1.807) is 12.2 Å². The van der Waals surface area contributed by atoms with Gasteiger partial charge in [-0.15, -0.1) is 0 Å². The van der Waals surface area contributed by atoms with Crippen molar-refractivity contribution in [1.82, 2.24) is 5.32 Å². The molecule has 0 spiro atoms. The largest absolute Gasteiger partial charge is 0.492 e. The lowest BCUT2D eigenvalue weighted by atomic mass is 10.2. The highest BCUT2D eigenvalue weighted by Gasteiger charge is 1.95. The van der Waals surface area contributed by atoms with Gasteiger partial charge >= 0.3 is 0 Å². The van der Waals surface area contributed by atoms with Gasteiger partial charge in [0.15, 0.2) is 0 Å². The molecule has 0 aliphatic heterocycles. The number of likely N-dealkylation sites (N-methyl/N-ethyl adjacent to an activating group) is 1. The van der Waals surface area contributed by atoms with E-state index >= 15 is 0 Å². The highest BCUT2D eigenvalue weighted by molar-refractivity contribution is 5.24. The third-order valence-electron chi connectivity index (χ3n) is 1.67. The summed E-state index contributed by atoms with van der Waals surface area (Å²) in [6, 6.07) is 0. The number of nitrogens with one attached hydrogen (secondary N) is 1. The Hall–Kier alpha value is -1.02. The van der Waals surface area contributed by atoms with E-state index < -0.39 is 0 Å². The van der Waals surface area contributed by atoms with Crippen molar-refractivity contribution in [3.63, 3.8) is 0 Å². The summed E-state index contributed by atoms with van der Waals surface area (Å²) in [6.07, 6.45) is 3.48. The summed E-state index contributed by atoms with van der Waals surface area (Å²) in [5.41, 5.74) is 1.02. The van der Waals surface area contributed by atoms with Gasteiger partial charge in [-0.2, -0.15) is 0 Å². The maximum Gasteiger partial charge on any atom is 0.121 e. The van der Waals surface area contributed by atoms with Crippen molar-refractivity contribution in [3.8, 4) is 0 Å². The first kappa shape index (κ1) is 12.0. The molecule has 0 rings (SSSR count). The molecule has 0 aliphatic rings. The molecule has 1 N–H and O–H groups in total. The molecule has 0 aliphatic carbocycles. The van der Waals surface area contributed by atoms with Crippen molar-refractivity contribution in [2.45, 2.75) is 13.8 Å². The van der Waals surface area contributed by atoms with Gasteiger partial charge in [-0.05, 0) is 25.1 Å². The number of hydrogen-bond donors (Lipinski definition) is 1. The van der Waals surface area contributed by atoms with Crippen molar-refractivity contribution >= 4 is 0 Å². The zero-order valence-electron chi connectivity index (χ0n) is 8.60. The van der Waals surface area contributed by atoms with Crippen LogP contribution in [0.1, 0.15) is 13.8 Å². The minimum atomic E-state index is 0.667. The molecule has 0 saturated heterocycles. The second-order valence-electron chi connectivity index (χ2n) is 2.66. The van der Waals surface area contributed by atoms with E-state index in [2.05, 4.69) is 25.4 Å². The molecule has 0 unspecified atom stereocenters. The Balaban J connectivity index is 3.86. The Labute approximate surface area is 81.0 Å². The zero-order chi connectivity index (χ0) is 10.1. The van der Waals surface area contributed by atoms with E-state index in [0.717, 1.165) is 24.4 Å². The molecule has 0 heterocycles. The van der Waals surface area contributed by atoms with E-state index in [0.29, 0.717) is 6.61 Å². The fourth-order valence-corrected chi connectivity index (χ4v) is 0.844. The minimum Gasteiger partial charge on any atom is -0.492 e. The molecule has 0 fully saturated rings. The van der Waals surface area contributed by atoms with E-state index in [1.165, 1.54) is 0 Å². The molecule has 13 heavy (non-hydrogen) atoms. The van der Waals surface area contributed by atoms with Crippen LogP contribution in [0.15, 0.2) is 36.6 Å². The summed E-state index contributed by atoms with van der Waals surface area (Å²) in [4.78, 5) is 0. The second kappa shape index (κ2) is 7.62. The Morgan fingerprint density at radius 1 is 1.38 bits per heavy atom. The quantitative estimate of drug-likeness (QED) is 0.369. The summed E-state index contributed by atoms with van der Waals surface area (Å²) in [6.45, 7) is 13.9. The van der Waals surface area contributed by atoms with Crippen LogP contribution < -0.4 is 5.32 Å². The Bertz CT molecular complexity index is 194. The van der Waals surface area contributed by atoms with Gasteiger partial charge in [-0.25, -0.2) is 0 Å². The van der Waals surface area contributed by atoms with Crippen LogP contribution in [-0.2, 0) is 4.74 Å². The smallest absolute Gasteiger partial charge is 0.121 e. The third-order valence-corrected chi connectivity index (χ3v) is 1.67. The average Bonchev–Trinajstić information content (AvgIpc) is 2.17. The predicted octanol–water partition coefficient (Wildman–Crippen LogP) is 2.26. The molecule has 0 saturated carbocycles. The maximum absolute atomic E-state index is 5.47. The fourth-order valence-electron chi connectivity index (χ4n) is 0.844. The van der Waals surface area contributed by atoms with Gasteiger partial charge in [0, 0.05) is 6.54 Å². The SMILES string of the molecule is C=C/C(C)=C(\C=C)OCCNCC. The third kappa shape index (κ3) is 5.26. The molecule has 0 bridgehead atoms. The number of hydrogen-bond acceptors (Lipinski definition) is 2. The summed E-state index contributed by atoms with van der Waals surface area (Å²) in [5, 5.41) is 3.18. The standard InChI is InChI=1S/C11H19NO/c1-5-10(4)11(6-2)13-9-8-12-7-3/h5-6,12H,1-2,7-9H2,3-4H3/b11-10+. The van der Waals surface area contributed by atoms with Crippen LogP contribution >= 0.6 is 0 Å². The van der Waals surface area contributed by atoms with Gasteiger partial charge < -0.3 is 10.1 Å². The van der Waals surface area contributed by atoms with Crippen molar-refractivity contribution in [3.05, 3.63) is 36.6 Å². The van der Waals surface area contributed by atoms with E-state index in [4.69, 9.17) is 4.74 Å². The van der Waals surface area contributed by atoms with Gasteiger partial charge in [0.05, 0.1) is 0 Å². The Morgan fingerprint density at radius 3 is 2.54 bits per heavy atom. The first-order valence-corrected chi connectivity index (χ1v) is 4.55. The van der Waals surface area contributed by atoms with Crippen LogP contribution in [-0.4, -0.2) is 19.7 Å². The topological polar surface area (TPSA) is 21.3 Å². The predicted molar refractivity (Wildman–Crippen MR) is 57.6 cm³/mol. The van der Waals surface area contributed by atoms with E-state index in [9.17, 15) is 0 Å². The lowest BCUT2D eigenvalue weighted by Gasteiger charge is -2.08. The van der Waals surface area contributed by atoms with Crippen LogP contribution in [0.2, 0.25) is 0 Å². The molecule has 0 radical (unpaired) electrons. The highest BCUT2D eigenvalue weighted by atomic mass is 16.5. The molecular formula is C11H19NO. The van der Waals surface area contributed by atoms with E-state index in [-0.39, 0.29) is 0 Å². The van der Waals surface area contributed by atoms with Crippen LogP contribution in [0.5, 0.6) is 0 Å². The van der Waals surface area contributed by atoms with Gasteiger partial charge in [-0.3, -0.25) is 0 Å². The summed E-state index contributed by atoms with van der Waals surface area (Å²) >= 11 is 0. The summed E-state index contributed by atoms with van der Waals surface area (Å²) < 4.78 is 5.47. The molecule has 0 aromatic rings. The minimum absolute atomic E-state index is 0.667. The van der Waals surface area contributed by atoms with Gasteiger partial charge in [0.1, 0.15) is 12.4 Å². The van der Waals surface area contributed by atoms with Gasteiger partial charge in [0.2, 0.25) is 0 Å². The lowest BCUT2D eigenvalue weighted by molar-refractivity contribution is 0.223. The van der Waals surface area contributed by atoms with Crippen LogP contribution in [0.25, 0.3) is 0 Å². The molecule has 0 amide bonds. The maximum atomic E-state index is 5.47. The monoisotopic (exact) mass is 181 g/mol. The molecule has 2 heteroatoms. The van der Waals surface area contributed by atoms with Crippen LogP contribution in [0.4, 0.5) is 0 Å². The van der Waals surface area contributed by atoms with Crippen molar-refractivity contribution in [1.29, 1.82) is 0 Å². The Kier molecular flexibility index (Phi) is 7.02. The first-order chi connectivity index (χ1) is 6.26. The van der Waals surface area contributed by atoms with Crippen molar-refractivity contribution < 1.29 is 4.74 Å². The summed E-state index contributed by atoms with van der Waals surface area (Å²) in [7, 11) is 0. The number of allylic oxidation sites excluding steroid dienone is 3. The molecule has 0 aromatic carbocycles.